The van der Waals surface area contributed by atoms with Gasteiger partial charge in [0.2, 0.25) is 11.8 Å². The first kappa shape index (κ1) is 4.71. The molecule has 1 atom stereocenters. The van der Waals surface area contributed by atoms with Crippen LogP contribution in [0, 0.1) is 0 Å². The van der Waals surface area contributed by atoms with Gasteiger partial charge < -0.3 is 10.6 Å². The van der Waals surface area contributed by atoms with E-state index in [0.717, 1.165) is 0 Å². The lowest BCUT2D eigenvalue weighted by Gasteiger charge is -2.09. The molecule has 0 rings (SSSR count). The first-order valence-corrected chi connectivity index (χ1v) is 2.81. The van der Waals surface area contributed by atoms with Crippen LogP contribution >= 0.6 is 0 Å². The van der Waals surface area contributed by atoms with Crippen LogP contribution in [0.2, 0.25) is 0 Å². The molecule has 10 heavy (non-hydrogen) atoms. The Morgan fingerprint density at radius 1 is 1.60 bits per heavy atom. The van der Waals surface area contributed by atoms with Gasteiger partial charge in [0, 0.05) is 18.0 Å². The maximum atomic E-state index is 11.0. The minimum Gasteiger partial charge on any atom is -0.357 e. The number of amides is 2. The fourth-order valence-corrected chi connectivity index (χ4v) is 0.479. The van der Waals surface area contributed by atoms with Crippen molar-refractivity contribution in [2.24, 2.45) is 0 Å². The molecule has 0 saturated heterocycles. The molecule has 4 heteroatoms. The summed E-state index contributed by atoms with van der Waals surface area (Å²) in [6.45, 7) is 0.144. The lowest BCUT2D eigenvalue weighted by Crippen LogP contribution is -2.42. The van der Waals surface area contributed by atoms with Crippen LogP contribution < -0.4 is 10.6 Å². The zero-order chi connectivity index (χ0) is 10.6. The summed E-state index contributed by atoms with van der Waals surface area (Å²) in [4.78, 5) is 21.5. The lowest BCUT2D eigenvalue weighted by molar-refractivity contribution is -0.127. The second kappa shape index (κ2) is 3.87. The third-order valence-electron chi connectivity index (χ3n) is 0.936. The maximum absolute atomic E-state index is 11.0. The average Bonchev–Trinajstić information content (AvgIpc) is 1.81. The van der Waals surface area contributed by atoms with Gasteiger partial charge in [0.15, 0.2) is 0 Å². The highest BCUT2D eigenvalue weighted by Gasteiger charge is 2.09. The molecule has 0 fully saturated rings. The third-order valence-corrected chi connectivity index (χ3v) is 0.936. The lowest BCUT2D eigenvalue weighted by atomic mass is 10.3. The first-order chi connectivity index (χ1) is 5.72. The molecular formula is C6H12N2O2. The summed E-state index contributed by atoms with van der Waals surface area (Å²) in [6, 6.07) is -0.835. The molecular weight excluding hydrogens is 132 g/mol. The minimum absolute atomic E-state index is 0.381. The molecule has 58 valence electrons. The Bertz CT molecular complexity index is 214. The van der Waals surface area contributed by atoms with Crippen molar-refractivity contribution >= 4 is 11.8 Å². The number of carbonyl (C=O) groups is 2. The Hall–Kier alpha value is -1.06. The molecule has 0 bridgehead atoms. The van der Waals surface area contributed by atoms with Gasteiger partial charge in [-0.25, -0.2) is 0 Å². The molecule has 0 aliphatic carbocycles. The van der Waals surface area contributed by atoms with Crippen LogP contribution in [-0.2, 0) is 9.59 Å². The Morgan fingerprint density at radius 3 is 2.60 bits per heavy atom. The van der Waals surface area contributed by atoms with Gasteiger partial charge in [-0.15, -0.1) is 0 Å². The Labute approximate surface area is 64.2 Å². The zero-order valence-corrected chi connectivity index (χ0v) is 5.89. The summed E-state index contributed by atoms with van der Waals surface area (Å²) in [7, 11) is 0. The standard InChI is InChI=1S/C6H12N2O2/c1-4(6(10)7-3)8-5(2)9/h4H,1-3H3,(H,7,10)(H,8,9)/i3D3. The Kier molecular flexibility index (Phi) is 1.82. The molecule has 0 aromatic carbocycles. The maximum Gasteiger partial charge on any atom is 0.242 e. The highest BCUT2D eigenvalue weighted by molar-refractivity contribution is 5.86. The molecule has 0 spiro atoms. The second-order valence-electron chi connectivity index (χ2n) is 1.91. The van der Waals surface area contributed by atoms with Crippen LogP contribution in [0.5, 0.6) is 0 Å². The first-order valence-electron chi connectivity index (χ1n) is 4.31. The van der Waals surface area contributed by atoms with E-state index in [1.165, 1.54) is 13.8 Å². The number of nitrogens with one attached hydrogen (secondary N) is 2. The van der Waals surface area contributed by atoms with E-state index in [9.17, 15) is 9.59 Å². The van der Waals surface area contributed by atoms with Gasteiger partial charge in [0.25, 0.3) is 0 Å². The van der Waals surface area contributed by atoms with Crippen LogP contribution in [0.3, 0.4) is 0 Å². The number of carbonyl (C=O) groups excluding carboxylic acids is 2. The molecule has 0 saturated carbocycles. The van der Waals surface area contributed by atoms with Crippen LogP contribution in [0.1, 0.15) is 18.0 Å². The fraction of sp³-hybridized carbons (Fsp3) is 0.667. The van der Waals surface area contributed by atoms with E-state index < -0.39 is 18.9 Å². The van der Waals surface area contributed by atoms with Gasteiger partial charge in [-0.1, -0.05) is 0 Å². The van der Waals surface area contributed by atoms with E-state index in [1.807, 2.05) is 0 Å². The highest BCUT2D eigenvalue weighted by Crippen LogP contribution is 1.79. The number of rotatable bonds is 2. The van der Waals surface area contributed by atoms with E-state index in [4.69, 9.17) is 4.11 Å². The predicted molar refractivity (Wildman–Crippen MR) is 37.3 cm³/mol. The van der Waals surface area contributed by atoms with Crippen molar-refractivity contribution in [2.45, 2.75) is 19.9 Å². The van der Waals surface area contributed by atoms with Crippen LogP contribution in [0.25, 0.3) is 0 Å². The molecule has 1 unspecified atom stereocenters. The molecule has 4 nitrogen and oxygen atoms in total. The summed E-state index contributed by atoms with van der Waals surface area (Å²) < 4.78 is 20.2. The van der Waals surface area contributed by atoms with E-state index in [-0.39, 0.29) is 5.91 Å². The normalized spacial score (nSPS) is 17.6. The van der Waals surface area contributed by atoms with Crippen molar-refractivity contribution in [1.82, 2.24) is 10.6 Å². The molecule has 2 N–H and O–H groups in total. The number of hydrogen-bond acceptors (Lipinski definition) is 2. The zero-order valence-electron chi connectivity index (χ0n) is 8.89. The van der Waals surface area contributed by atoms with Gasteiger partial charge in [-0.3, -0.25) is 9.59 Å². The second-order valence-corrected chi connectivity index (χ2v) is 1.91. The van der Waals surface area contributed by atoms with E-state index in [2.05, 4.69) is 5.32 Å². The van der Waals surface area contributed by atoms with Gasteiger partial charge in [0.05, 0.1) is 0 Å². The summed E-state index contributed by atoms with van der Waals surface area (Å²) >= 11 is 0. The van der Waals surface area contributed by atoms with Gasteiger partial charge in [-0.2, -0.15) is 0 Å². The largest absolute Gasteiger partial charge is 0.357 e. The minimum atomic E-state index is -2.51. The molecule has 0 heterocycles. The van der Waals surface area contributed by atoms with E-state index in [0.29, 0.717) is 0 Å². The van der Waals surface area contributed by atoms with Crippen molar-refractivity contribution in [2.75, 3.05) is 6.98 Å². The topological polar surface area (TPSA) is 58.2 Å². The quantitative estimate of drug-likeness (QED) is 0.540. The van der Waals surface area contributed by atoms with E-state index >= 15 is 0 Å². The SMILES string of the molecule is [2H]C([2H])([2H])NC(=O)C(C)NC(C)=O. The summed E-state index contributed by atoms with van der Waals surface area (Å²) in [5.41, 5.74) is 0. The van der Waals surface area contributed by atoms with Crippen molar-refractivity contribution in [3.63, 3.8) is 0 Å². The molecule has 0 aromatic rings. The van der Waals surface area contributed by atoms with Gasteiger partial charge in [-0.05, 0) is 6.92 Å². The molecule has 0 aliphatic heterocycles. The van der Waals surface area contributed by atoms with Crippen LogP contribution in [0.4, 0.5) is 0 Å². The predicted octanol–water partition coefficient (Wildman–Crippen LogP) is -0.743. The average molecular weight is 147 g/mol. The van der Waals surface area contributed by atoms with Crippen molar-refractivity contribution in [1.29, 1.82) is 0 Å². The highest BCUT2D eigenvalue weighted by atomic mass is 16.2. The number of hydrogen-bond donors (Lipinski definition) is 2. The monoisotopic (exact) mass is 147 g/mol. The molecule has 0 radical (unpaired) electrons. The molecule has 2 amide bonds. The van der Waals surface area contributed by atoms with Crippen LogP contribution in [0.15, 0.2) is 0 Å². The summed E-state index contributed by atoms with van der Waals surface area (Å²) in [5, 5.41) is 4.03. The molecule has 0 aliphatic rings. The summed E-state index contributed by atoms with van der Waals surface area (Å²) in [5.74, 6) is -1.11. The van der Waals surface area contributed by atoms with Crippen LogP contribution in [-0.4, -0.2) is 24.8 Å². The van der Waals surface area contributed by atoms with E-state index in [1.54, 1.807) is 5.32 Å². The van der Waals surface area contributed by atoms with Crippen molar-refractivity contribution in [3.05, 3.63) is 0 Å². The summed E-state index contributed by atoms with van der Waals surface area (Å²) in [6.07, 6.45) is 0. The number of likely N-dealkylation sites (N-methyl/N-ethyl adjacent to an activating group) is 1. The fourth-order valence-electron chi connectivity index (χ4n) is 0.479. The Balaban J connectivity index is 4.05. The third kappa shape index (κ3) is 3.06. The van der Waals surface area contributed by atoms with Crippen molar-refractivity contribution in [3.8, 4) is 0 Å². The van der Waals surface area contributed by atoms with Gasteiger partial charge >= 0.3 is 0 Å². The van der Waals surface area contributed by atoms with Crippen molar-refractivity contribution < 1.29 is 13.7 Å². The Morgan fingerprint density at radius 2 is 2.20 bits per heavy atom. The molecule has 0 aromatic heterocycles. The van der Waals surface area contributed by atoms with Gasteiger partial charge in [0.1, 0.15) is 6.04 Å². The smallest absolute Gasteiger partial charge is 0.242 e.